The van der Waals surface area contributed by atoms with E-state index < -0.39 is 0 Å². The Morgan fingerprint density at radius 2 is 1.93 bits per heavy atom. The van der Waals surface area contributed by atoms with Crippen molar-refractivity contribution in [3.05, 3.63) is 60.0 Å². The molecule has 0 unspecified atom stereocenters. The molecule has 3 aromatic rings. The summed E-state index contributed by atoms with van der Waals surface area (Å²) in [6, 6.07) is 12.2. The Morgan fingerprint density at radius 1 is 1.07 bits per heavy atom. The van der Waals surface area contributed by atoms with Gasteiger partial charge in [0.15, 0.2) is 11.5 Å². The number of rotatable bonds is 5. The van der Waals surface area contributed by atoms with Gasteiger partial charge in [-0.1, -0.05) is 6.07 Å². The van der Waals surface area contributed by atoms with Gasteiger partial charge in [-0.15, -0.1) is 0 Å². The molecule has 2 aromatic carbocycles. The predicted octanol–water partition coefficient (Wildman–Crippen LogP) is 3.30. The van der Waals surface area contributed by atoms with E-state index in [1.165, 1.54) is 12.1 Å². The Bertz CT molecular complexity index is 967. The van der Waals surface area contributed by atoms with Crippen molar-refractivity contribution in [2.75, 3.05) is 19.8 Å². The lowest BCUT2D eigenvalue weighted by Gasteiger charge is -2.10. The van der Waals surface area contributed by atoms with Crippen LogP contribution >= 0.6 is 0 Å². The minimum Gasteiger partial charge on any atom is -0.490 e. The minimum atomic E-state index is -0.263. The van der Waals surface area contributed by atoms with Crippen molar-refractivity contribution in [3.8, 4) is 11.5 Å². The Kier molecular flexibility index (Phi) is 4.96. The lowest BCUT2D eigenvalue weighted by atomic mass is 10.1. The van der Waals surface area contributed by atoms with E-state index in [-0.39, 0.29) is 18.1 Å². The van der Waals surface area contributed by atoms with E-state index in [9.17, 15) is 9.18 Å². The summed E-state index contributed by atoms with van der Waals surface area (Å²) in [4.78, 5) is 12.2. The van der Waals surface area contributed by atoms with Crippen molar-refractivity contribution in [2.45, 2.75) is 19.4 Å². The number of nitrogens with zero attached hydrogens (tertiary/aromatic N) is 1. The first-order valence-corrected chi connectivity index (χ1v) is 9.09. The van der Waals surface area contributed by atoms with Crippen LogP contribution in [0.2, 0.25) is 0 Å². The monoisotopic (exact) mass is 368 g/mol. The van der Waals surface area contributed by atoms with Crippen molar-refractivity contribution in [3.63, 3.8) is 0 Å². The molecule has 0 atom stereocenters. The lowest BCUT2D eigenvalue weighted by molar-refractivity contribution is -0.120. The van der Waals surface area contributed by atoms with Crippen molar-refractivity contribution >= 4 is 16.8 Å². The predicted molar refractivity (Wildman–Crippen MR) is 101 cm³/mol. The molecule has 0 saturated carbocycles. The molecule has 0 bridgehead atoms. The van der Waals surface area contributed by atoms with E-state index in [0.717, 1.165) is 28.6 Å². The molecule has 0 fully saturated rings. The van der Waals surface area contributed by atoms with Gasteiger partial charge in [-0.3, -0.25) is 4.79 Å². The third kappa shape index (κ3) is 4.05. The van der Waals surface area contributed by atoms with E-state index >= 15 is 0 Å². The normalized spacial score (nSPS) is 13.4. The van der Waals surface area contributed by atoms with Crippen molar-refractivity contribution in [1.82, 2.24) is 9.88 Å². The number of amides is 1. The van der Waals surface area contributed by atoms with Gasteiger partial charge in [-0.05, 0) is 47.3 Å². The lowest BCUT2D eigenvalue weighted by Crippen LogP contribution is -2.28. The number of halogens is 1. The highest BCUT2D eigenvalue weighted by Gasteiger charge is 2.12. The summed E-state index contributed by atoms with van der Waals surface area (Å²) in [7, 11) is 0. The fourth-order valence-electron chi connectivity index (χ4n) is 3.23. The molecule has 1 aliphatic heterocycles. The number of ether oxygens (including phenoxy) is 2. The van der Waals surface area contributed by atoms with Gasteiger partial charge in [-0.2, -0.15) is 0 Å². The van der Waals surface area contributed by atoms with Crippen molar-refractivity contribution in [2.24, 2.45) is 0 Å². The van der Waals surface area contributed by atoms with Gasteiger partial charge in [0.1, 0.15) is 5.82 Å². The molecule has 1 N–H and O–H groups in total. The van der Waals surface area contributed by atoms with Crippen LogP contribution < -0.4 is 14.8 Å². The third-order valence-corrected chi connectivity index (χ3v) is 4.59. The number of fused-ring (bicyclic) bond motifs is 2. The first kappa shape index (κ1) is 17.4. The fraction of sp³-hybridized carbons (Fsp3) is 0.286. The first-order chi connectivity index (χ1) is 13.2. The second-order valence-electron chi connectivity index (χ2n) is 6.57. The number of aromatic nitrogens is 1. The van der Waals surface area contributed by atoms with Crippen LogP contribution in [-0.2, 0) is 17.8 Å². The van der Waals surface area contributed by atoms with E-state index in [2.05, 4.69) is 5.32 Å². The van der Waals surface area contributed by atoms with Gasteiger partial charge in [0.2, 0.25) is 5.91 Å². The van der Waals surface area contributed by atoms with Crippen LogP contribution in [0.5, 0.6) is 11.5 Å². The van der Waals surface area contributed by atoms with Crippen molar-refractivity contribution < 1.29 is 18.7 Å². The van der Waals surface area contributed by atoms with Crippen LogP contribution in [0.1, 0.15) is 12.0 Å². The maximum absolute atomic E-state index is 13.4. The maximum Gasteiger partial charge on any atom is 0.224 e. The van der Waals surface area contributed by atoms with Crippen LogP contribution in [0.4, 0.5) is 4.39 Å². The standard InChI is InChI=1S/C21H21FN2O3/c22-17-4-3-16-6-8-24(18(16)14-17)9-7-23-21(25)13-15-2-5-19-20(12-15)27-11-1-10-26-19/h2-6,8,12,14H,1,7,9-11,13H2,(H,23,25). The molecule has 0 radical (unpaired) electrons. The van der Waals surface area contributed by atoms with E-state index in [4.69, 9.17) is 9.47 Å². The third-order valence-electron chi connectivity index (χ3n) is 4.59. The van der Waals surface area contributed by atoms with Gasteiger partial charge in [0.05, 0.1) is 25.2 Å². The number of nitrogens with one attached hydrogen (secondary N) is 1. The van der Waals surface area contributed by atoms with Crippen LogP contribution in [0, 0.1) is 5.82 Å². The van der Waals surface area contributed by atoms with Crippen LogP contribution in [0.3, 0.4) is 0 Å². The van der Waals surface area contributed by atoms with Crippen LogP contribution in [-0.4, -0.2) is 30.2 Å². The summed E-state index contributed by atoms with van der Waals surface area (Å²) in [5.41, 5.74) is 1.71. The van der Waals surface area contributed by atoms with E-state index in [0.29, 0.717) is 32.1 Å². The summed E-state index contributed by atoms with van der Waals surface area (Å²) in [5, 5.41) is 3.90. The van der Waals surface area contributed by atoms with Gasteiger partial charge < -0.3 is 19.4 Å². The molecule has 140 valence electrons. The Hall–Kier alpha value is -3.02. The Morgan fingerprint density at radius 3 is 2.81 bits per heavy atom. The van der Waals surface area contributed by atoms with E-state index in [1.54, 1.807) is 6.07 Å². The SMILES string of the molecule is O=C(Cc1ccc2c(c1)OCCCO2)NCCn1ccc2ccc(F)cc21. The largest absolute Gasteiger partial charge is 0.490 e. The Balaban J connectivity index is 1.33. The smallest absolute Gasteiger partial charge is 0.224 e. The summed E-state index contributed by atoms with van der Waals surface area (Å²) in [6.45, 7) is 2.32. The quantitative estimate of drug-likeness (QED) is 0.752. The highest BCUT2D eigenvalue weighted by molar-refractivity contribution is 5.80. The van der Waals surface area contributed by atoms with Gasteiger partial charge >= 0.3 is 0 Å². The minimum absolute atomic E-state index is 0.0628. The first-order valence-electron chi connectivity index (χ1n) is 9.09. The molecular weight excluding hydrogens is 347 g/mol. The number of carbonyl (C=O) groups excluding carboxylic acids is 1. The molecule has 0 saturated heterocycles. The number of hydrogen-bond acceptors (Lipinski definition) is 3. The Labute approximate surface area is 156 Å². The molecule has 5 nitrogen and oxygen atoms in total. The highest BCUT2D eigenvalue weighted by Crippen LogP contribution is 2.30. The zero-order valence-corrected chi connectivity index (χ0v) is 14.9. The molecule has 0 aliphatic carbocycles. The van der Waals surface area contributed by atoms with E-state index in [1.807, 2.05) is 35.0 Å². The average molecular weight is 368 g/mol. The molecule has 2 heterocycles. The average Bonchev–Trinajstić information content (AvgIpc) is 2.90. The summed E-state index contributed by atoms with van der Waals surface area (Å²) in [6.07, 6.45) is 3.03. The topological polar surface area (TPSA) is 52.5 Å². The number of benzene rings is 2. The summed E-state index contributed by atoms with van der Waals surface area (Å²) >= 11 is 0. The van der Waals surface area contributed by atoms with Crippen LogP contribution in [0.15, 0.2) is 48.7 Å². The zero-order valence-electron chi connectivity index (χ0n) is 14.9. The maximum atomic E-state index is 13.4. The van der Waals surface area contributed by atoms with Gasteiger partial charge in [0, 0.05) is 25.7 Å². The van der Waals surface area contributed by atoms with Gasteiger partial charge in [-0.25, -0.2) is 4.39 Å². The summed E-state index contributed by atoms with van der Waals surface area (Å²) < 4.78 is 26.6. The second-order valence-corrected chi connectivity index (χ2v) is 6.57. The summed E-state index contributed by atoms with van der Waals surface area (Å²) in [5.74, 6) is 1.09. The van der Waals surface area contributed by atoms with Gasteiger partial charge in [0.25, 0.3) is 0 Å². The molecule has 6 heteroatoms. The molecule has 4 rings (SSSR count). The second kappa shape index (κ2) is 7.70. The van der Waals surface area contributed by atoms with Crippen LogP contribution in [0.25, 0.3) is 10.9 Å². The molecule has 1 aliphatic rings. The van der Waals surface area contributed by atoms with Crippen molar-refractivity contribution in [1.29, 1.82) is 0 Å². The molecule has 27 heavy (non-hydrogen) atoms. The fourth-order valence-corrected chi connectivity index (χ4v) is 3.23. The molecule has 0 spiro atoms. The highest BCUT2D eigenvalue weighted by atomic mass is 19.1. The number of carbonyl (C=O) groups is 1. The molecular formula is C21H21FN2O3. The number of hydrogen-bond donors (Lipinski definition) is 1. The zero-order chi connectivity index (χ0) is 18.6. The molecule has 1 aromatic heterocycles. The molecule has 1 amide bonds.